The van der Waals surface area contributed by atoms with Crippen LogP contribution >= 0.6 is 0 Å². The fourth-order valence-electron chi connectivity index (χ4n) is 2.14. The van der Waals surface area contributed by atoms with Gasteiger partial charge in [-0.1, -0.05) is 6.92 Å². The average molecular weight is 289 g/mol. The predicted octanol–water partition coefficient (Wildman–Crippen LogP) is 2.60. The first-order valence-corrected chi connectivity index (χ1v) is 7.65. The van der Waals surface area contributed by atoms with E-state index in [1.54, 1.807) is 12.1 Å². The zero-order valence-electron chi connectivity index (χ0n) is 13.5. The highest BCUT2D eigenvalue weighted by molar-refractivity contribution is 5.34. The summed E-state index contributed by atoms with van der Waals surface area (Å²) >= 11 is 0. The second-order valence-corrected chi connectivity index (χ2v) is 5.43. The highest BCUT2D eigenvalue weighted by Gasteiger charge is 2.03. The largest absolute Gasteiger partial charge is 0.494 e. The first-order chi connectivity index (χ1) is 10.2. The van der Waals surface area contributed by atoms with E-state index in [0.717, 1.165) is 45.0 Å². The van der Waals surface area contributed by atoms with E-state index in [0.29, 0.717) is 5.56 Å². The quantitative estimate of drug-likeness (QED) is 0.621. The number of benzene rings is 1. The maximum Gasteiger partial charge on any atom is 0.119 e. The van der Waals surface area contributed by atoms with Gasteiger partial charge in [-0.15, -0.1) is 0 Å². The van der Waals surface area contributed by atoms with Crippen molar-refractivity contribution in [2.75, 3.05) is 46.9 Å². The molecule has 0 amide bonds. The number of nitrogens with zero attached hydrogens (tertiary/aromatic N) is 3. The molecule has 4 nitrogen and oxygen atoms in total. The van der Waals surface area contributed by atoms with Crippen LogP contribution in [0.5, 0.6) is 5.75 Å². The number of rotatable bonds is 10. The van der Waals surface area contributed by atoms with E-state index in [4.69, 9.17) is 10.00 Å². The summed E-state index contributed by atoms with van der Waals surface area (Å²) in [6, 6.07) is 9.39. The Morgan fingerprint density at radius 3 is 2.29 bits per heavy atom. The number of hydrogen-bond acceptors (Lipinski definition) is 4. The van der Waals surface area contributed by atoms with E-state index in [-0.39, 0.29) is 0 Å². The molecular weight excluding hydrogens is 262 g/mol. The number of ether oxygens (including phenoxy) is 1. The van der Waals surface area contributed by atoms with Crippen molar-refractivity contribution < 1.29 is 4.74 Å². The molecule has 116 valence electrons. The van der Waals surface area contributed by atoms with Gasteiger partial charge < -0.3 is 14.5 Å². The fraction of sp³-hybridized carbons (Fsp3) is 0.588. The van der Waals surface area contributed by atoms with Crippen molar-refractivity contribution in [2.45, 2.75) is 19.8 Å². The standard InChI is InChI=1S/C17H27N3O/c1-4-20(12-5-11-19(2)3)13-6-14-21-17-9-7-16(15-18)8-10-17/h7-10H,4-6,11-14H2,1-3H3. The molecule has 0 radical (unpaired) electrons. The number of hydrogen-bond donors (Lipinski definition) is 0. The van der Waals surface area contributed by atoms with E-state index in [2.05, 4.69) is 36.9 Å². The first kappa shape index (κ1) is 17.5. The van der Waals surface area contributed by atoms with E-state index in [1.807, 2.05) is 12.1 Å². The van der Waals surface area contributed by atoms with Gasteiger partial charge in [-0.3, -0.25) is 0 Å². The van der Waals surface area contributed by atoms with Crippen LogP contribution < -0.4 is 4.74 Å². The molecule has 1 rings (SSSR count). The molecule has 1 aromatic rings. The van der Waals surface area contributed by atoms with Crippen molar-refractivity contribution in [1.82, 2.24) is 9.80 Å². The van der Waals surface area contributed by atoms with Gasteiger partial charge in [-0.25, -0.2) is 0 Å². The molecule has 0 saturated heterocycles. The van der Waals surface area contributed by atoms with Crippen molar-refractivity contribution in [2.24, 2.45) is 0 Å². The van der Waals surface area contributed by atoms with Crippen LogP contribution in [0.25, 0.3) is 0 Å². The monoisotopic (exact) mass is 289 g/mol. The minimum atomic E-state index is 0.667. The van der Waals surface area contributed by atoms with Crippen LogP contribution in [-0.2, 0) is 0 Å². The Labute approximate surface area is 128 Å². The summed E-state index contributed by atoms with van der Waals surface area (Å²) in [5.74, 6) is 0.838. The summed E-state index contributed by atoms with van der Waals surface area (Å²) in [7, 11) is 4.23. The van der Waals surface area contributed by atoms with E-state index >= 15 is 0 Å². The molecule has 0 heterocycles. The van der Waals surface area contributed by atoms with Crippen LogP contribution in [0.2, 0.25) is 0 Å². The Kier molecular flexibility index (Phi) is 8.49. The zero-order chi connectivity index (χ0) is 15.5. The maximum absolute atomic E-state index is 8.74. The molecule has 0 bridgehead atoms. The normalized spacial score (nSPS) is 10.9. The van der Waals surface area contributed by atoms with Crippen molar-refractivity contribution in [3.8, 4) is 11.8 Å². The van der Waals surface area contributed by atoms with Crippen molar-refractivity contribution >= 4 is 0 Å². The van der Waals surface area contributed by atoms with Crippen LogP contribution in [0.4, 0.5) is 0 Å². The Hall–Kier alpha value is -1.57. The van der Waals surface area contributed by atoms with Gasteiger partial charge in [0.25, 0.3) is 0 Å². The molecule has 21 heavy (non-hydrogen) atoms. The van der Waals surface area contributed by atoms with Gasteiger partial charge in [0.05, 0.1) is 18.2 Å². The van der Waals surface area contributed by atoms with Crippen molar-refractivity contribution in [3.63, 3.8) is 0 Å². The third kappa shape index (κ3) is 7.69. The van der Waals surface area contributed by atoms with Gasteiger partial charge in [0.1, 0.15) is 5.75 Å². The summed E-state index contributed by atoms with van der Waals surface area (Å²) in [6.45, 7) is 7.36. The highest BCUT2D eigenvalue weighted by atomic mass is 16.5. The predicted molar refractivity (Wildman–Crippen MR) is 86.6 cm³/mol. The highest BCUT2D eigenvalue weighted by Crippen LogP contribution is 2.11. The Morgan fingerprint density at radius 1 is 1.05 bits per heavy atom. The summed E-state index contributed by atoms with van der Waals surface area (Å²) in [5.41, 5.74) is 0.667. The second-order valence-electron chi connectivity index (χ2n) is 5.43. The third-order valence-corrected chi connectivity index (χ3v) is 3.40. The molecule has 0 aliphatic carbocycles. The lowest BCUT2D eigenvalue weighted by Crippen LogP contribution is -2.29. The Bertz CT molecular complexity index is 423. The summed E-state index contributed by atoms with van der Waals surface area (Å²) in [5, 5.41) is 8.74. The molecule has 0 N–H and O–H groups in total. The van der Waals surface area contributed by atoms with E-state index < -0.39 is 0 Å². The third-order valence-electron chi connectivity index (χ3n) is 3.40. The maximum atomic E-state index is 8.74. The lowest BCUT2D eigenvalue weighted by Gasteiger charge is -2.21. The molecule has 0 saturated carbocycles. The van der Waals surface area contributed by atoms with E-state index in [1.165, 1.54) is 6.42 Å². The van der Waals surface area contributed by atoms with Crippen LogP contribution in [0.15, 0.2) is 24.3 Å². The zero-order valence-corrected chi connectivity index (χ0v) is 13.5. The molecule has 4 heteroatoms. The van der Waals surface area contributed by atoms with Gasteiger partial charge >= 0.3 is 0 Å². The molecule has 0 aliphatic rings. The van der Waals surface area contributed by atoms with Crippen molar-refractivity contribution in [3.05, 3.63) is 29.8 Å². The smallest absolute Gasteiger partial charge is 0.119 e. The Morgan fingerprint density at radius 2 is 1.71 bits per heavy atom. The summed E-state index contributed by atoms with van der Waals surface area (Å²) in [4.78, 5) is 4.69. The summed E-state index contributed by atoms with van der Waals surface area (Å²) in [6.07, 6.45) is 2.23. The van der Waals surface area contributed by atoms with Crippen LogP contribution in [0.3, 0.4) is 0 Å². The van der Waals surface area contributed by atoms with Gasteiger partial charge in [0.2, 0.25) is 0 Å². The molecule has 0 unspecified atom stereocenters. The van der Waals surface area contributed by atoms with Gasteiger partial charge in [-0.2, -0.15) is 5.26 Å². The fourth-order valence-corrected chi connectivity index (χ4v) is 2.14. The van der Waals surface area contributed by atoms with Gasteiger partial charge in [0.15, 0.2) is 0 Å². The van der Waals surface area contributed by atoms with Crippen LogP contribution in [0.1, 0.15) is 25.3 Å². The van der Waals surface area contributed by atoms with Gasteiger partial charge in [0, 0.05) is 6.54 Å². The van der Waals surface area contributed by atoms with Gasteiger partial charge in [-0.05, 0) is 70.8 Å². The molecule has 0 spiro atoms. The molecule has 1 aromatic carbocycles. The minimum absolute atomic E-state index is 0.667. The molecular formula is C17H27N3O. The molecule has 0 aromatic heterocycles. The van der Waals surface area contributed by atoms with E-state index in [9.17, 15) is 0 Å². The SMILES string of the molecule is CCN(CCCOc1ccc(C#N)cc1)CCCN(C)C. The summed E-state index contributed by atoms with van der Waals surface area (Å²) < 4.78 is 5.70. The first-order valence-electron chi connectivity index (χ1n) is 7.65. The topological polar surface area (TPSA) is 39.5 Å². The lowest BCUT2D eigenvalue weighted by molar-refractivity contribution is 0.232. The van der Waals surface area contributed by atoms with Crippen LogP contribution in [-0.4, -0.2) is 56.7 Å². The average Bonchev–Trinajstić information content (AvgIpc) is 2.50. The van der Waals surface area contributed by atoms with Crippen molar-refractivity contribution in [1.29, 1.82) is 5.26 Å². The molecule has 0 atom stereocenters. The minimum Gasteiger partial charge on any atom is -0.494 e. The molecule has 0 fully saturated rings. The molecule has 0 aliphatic heterocycles. The lowest BCUT2D eigenvalue weighted by atomic mass is 10.2. The van der Waals surface area contributed by atoms with Crippen LogP contribution in [0, 0.1) is 11.3 Å². The second kappa shape index (κ2) is 10.2. The Balaban J connectivity index is 2.17. The number of nitriles is 1.